The van der Waals surface area contributed by atoms with Crippen molar-refractivity contribution in [3.63, 3.8) is 0 Å². The minimum absolute atomic E-state index is 0.107. The Morgan fingerprint density at radius 2 is 2.33 bits per heavy atom. The van der Waals surface area contributed by atoms with E-state index >= 15 is 0 Å². The number of aliphatic carboxylic acids is 1. The van der Waals surface area contributed by atoms with Crippen LogP contribution in [0.15, 0.2) is 23.1 Å². The van der Waals surface area contributed by atoms with E-state index in [4.69, 9.17) is 10.8 Å². The summed E-state index contributed by atoms with van der Waals surface area (Å²) in [7, 11) is 0. The van der Waals surface area contributed by atoms with Crippen LogP contribution in [-0.2, 0) is 4.79 Å². The van der Waals surface area contributed by atoms with E-state index in [2.05, 4.69) is 0 Å². The zero-order valence-corrected chi connectivity index (χ0v) is 9.05. The summed E-state index contributed by atoms with van der Waals surface area (Å²) in [5, 5.41) is 8.86. The molecule has 1 atom stereocenters. The molecule has 0 aliphatic rings. The Labute approximate surface area is 91.5 Å². The molecule has 1 aromatic carbocycles. The summed E-state index contributed by atoms with van der Waals surface area (Å²) in [6, 6.07) is 4.41. The first-order chi connectivity index (χ1) is 7.10. The predicted molar refractivity (Wildman–Crippen MR) is 57.6 cm³/mol. The van der Waals surface area contributed by atoms with E-state index in [1.807, 2.05) is 6.26 Å². The van der Waals surface area contributed by atoms with Crippen LogP contribution >= 0.6 is 11.8 Å². The molecule has 0 spiro atoms. The number of hydrogen-bond donors (Lipinski definition) is 2. The molecule has 0 saturated heterocycles. The zero-order chi connectivity index (χ0) is 11.4. The molecule has 3 nitrogen and oxygen atoms in total. The fourth-order valence-electron chi connectivity index (χ4n) is 1.28. The fraction of sp³-hybridized carbons (Fsp3) is 0.300. The van der Waals surface area contributed by atoms with Crippen molar-refractivity contribution in [3.8, 4) is 0 Å². The van der Waals surface area contributed by atoms with E-state index in [9.17, 15) is 9.18 Å². The Morgan fingerprint density at radius 3 is 2.80 bits per heavy atom. The molecule has 15 heavy (non-hydrogen) atoms. The number of hydrogen-bond acceptors (Lipinski definition) is 3. The van der Waals surface area contributed by atoms with Gasteiger partial charge in [-0.25, -0.2) is 4.39 Å². The Hall–Kier alpha value is -1.07. The monoisotopic (exact) mass is 229 g/mol. The molecule has 1 aromatic rings. The highest BCUT2D eigenvalue weighted by molar-refractivity contribution is 7.98. The van der Waals surface area contributed by atoms with Crippen LogP contribution in [-0.4, -0.2) is 23.9 Å². The molecule has 0 aromatic heterocycles. The van der Waals surface area contributed by atoms with Gasteiger partial charge in [0, 0.05) is 17.0 Å². The van der Waals surface area contributed by atoms with Crippen LogP contribution in [0.5, 0.6) is 0 Å². The van der Waals surface area contributed by atoms with Crippen LogP contribution in [0.4, 0.5) is 4.39 Å². The van der Waals surface area contributed by atoms with E-state index in [0.29, 0.717) is 0 Å². The third-order valence-electron chi connectivity index (χ3n) is 2.11. The fourth-order valence-corrected chi connectivity index (χ4v) is 1.73. The average Bonchev–Trinajstić information content (AvgIpc) is 2.21. The lowest BCUT2D eigenvalue weighted by Crippen LogP contribution is -2.22. The highest BCUT2D eigenvalue weighted by Gasteiger charge is 2.21. The number of rotatable bonds is 4. The SMILES string of the molecule is CSc1ccc(F)c(C(CN)C(=O)O)c1. The molecule has 1 rings (SSSR count). The summed E-state index contributed by atoms with van der Waals surface area (Å²) in [5.41, 5.74) is 5.46. The molecule has 0 heterocycles. The lowest BCUT2D eigenvalue weighted by molar-refractivity contribution is -0.138. The molecular formula is C10H12FNO2S. The third kappa shape index (κ3) is 2.70. The van der Waals surface area contributed by atoms with Gasteiger partial charge >= 0.3 is 5.97 Å². The maximum atomic E-state index is 13.4. The van der Waals surface area contributed by atoms with Crippen LogP contribution < -0.4 is 5.73 Å². The largest absolute Gasteiger partial charge is 0.481 e. The first-order valence-electron chi connectivity index (χ1n) is 4.36. The Morgan fingerprint density at radius 1 is 1.67 bits per heavy atom. The van der Waals surface area contributed by atoms with Gasteiger partial charge in [0.2, 0.25) is 0 Å². The smallest absolute Gasteiger partial charge is 0.312 e. The lowest BCUT2D eigenvalue weighted by atomic mass is 9.99. The summed E-state index contributed by atoms with van der Waals surface area (Å²) in [5.74, 6) is -2.60. The molecule has 1 unspecified atom stereocenters. The summed E-state index contributed by atoms with van der Waals surface area (Å²) in [4.78, 5) is 11.7. The van der Waals surface area contributed by atoms with Gasteiger partial charge < -0.3 is 10.8 Å². The third-order valence-corrected chi connectivity index (χ3v) is 2.84. The van der Waals surface area contributed by atoms with Crippen LogP contribution in [0.25, 0.3) is 0 Å². The van der Waals surface area contributed by atoms with Crippen LogP contribution in [0.2, 0.25) is 0 Å². The number of nitrogens with two attached hydrogens (primary N) is 1. The standard InChI is InChI=1S/C10H12FNO2S/c1-15-6-2-3-9(11)7(4-6)8(5-12)10(13)14/h2-4,8H,5,12H2,1H3,(H,13,14). The normalized spacial score (nSPS) is 12.5. The number of carboxylic acids is 1. The Kier molecular flexibility index (Phi) is 4.11. The van der Waals surface area contributed by atoms with Gasteiger partial charge in [-0.15, -0.1) is 11.8 Å². The maximum absolute atomic E-state index is 13.4. The first-order valence-corrected chi connectivity index (χ1v) is 5.59. The van der Waals surface area contributed by atoms with Gasteiger partial charge in [-0.3, -0.25) is 4.79 Å². The molecule has 0 saturated carbocycles. The second-order valence-corrected chi connectivity index (χ2v) is 3.89. The summed E-state index contributed by atoms with van der Waals surface area (Å²) >= 11 is 1.43. The van der Waals surface area contributed by atoms with Crippen molar-refractivity contribution in [2.75, 3.05) is 12.8 Å². The van der Waals surface area contributed by atoms with Gasteiger partial charge in [0.25, 0.3) is 0 Å². The number of halogens is 1. The molecule has 0 fully saturated rings. The van der Waals surface area contributed by atoms with Crippen LogP contribution in [0.3, 0.4) is 0 Å². The van der Waals surface area contributed by atoms with E-state index in [-0.39, 0.29) is 12.1 Å². The Bertz CT molecular complexity index is 370. The van der Waals surface area contributed by atoms with Gasteiger partial charge in [-0.2, -0.15) is 0 Å². The summed E-state index contributed by atoms with van der Waals surface area (Å²) < 4.78 is 13.4. The minimum atomic E-state index is -1.10. The van der Waals surface area contributed by atoms with Crippen LogP contribution in [0, 0.1) is 5.82 Å². The second kappa shape index (κ2) is 5.14. The maximum Gasteiger partial charge on any atom is 0.312 e. The molecule has 0 radical (unpaired) electrons. The van der Waals surface area contributed by atoms with Gasteiger partial charge in [0.15, 0.2) is 0 Å². The number of carboxylic acid groups (broad SMARTS) is 1. The average molecular weight is 229 g/mol. The topological polar surface area (TPSA) is 63.3 Å². The highest BCUT2D eigenvalue weighted by Crippen LogP contribution is 2.24. The zero-order valence-electron chi connectivity index (χ0n) is 8.24. The number of thioether (sulfide) groups is 1. The Balaban J connectivity index is 3.15. The molecule has 0 aliphatic heterocycles. The van der Waals surface area contributed by atoms with Crippen molar-refractivity contribution < 1.29 is 14.3 Å². The van der Waals surface area contributed by atoms with Gasteiger partial charge in [-0.1, -0.05) is 0 Å². The van der Waals surface area contributed by atoms with Crippen molar-refractivity contribution in [3.05, 3.63) is 29.6 Å². The lowest BCUT2D eigenvalue weighted by Gasteiger charge is -2.12. The summed E-state index contributed by atoms with van der Waals surface area (Å²) in [6.45, 7) is -0.107. The molecule has 0 aliphatic carbocycles. The molecule has 0 amide bonds. The van der Waals surface area contributed by atoms with Gasteiger partial charge in [-0.05, 0) is 24.5 Å². The van der Waals surface area contributed by atoms with Crippen molar-refractivity contribution >= 4 is 17.7 Å². The minimum Gasteiger partial charge on any atom is -0.481 e. The van der Waals surface area contributed by atoms with Gasteiger partial charge in [0.1, 0.15) is 5.82 Å². The highest BCUT2D eigenvalue weighted by atomic mass is 32.2. The van der Waals surface area contributed by atoms with E-state index in [1.54, 1.807) is 6.07 Å². The van der Waals surface area contributed by atoms with E-state index in [1.165, 1.54) is 23.9 Å². The summed E-state index contributed by atoms with van der Waals surface area (Å²) in [6.07, 6.45) is 1.84. The second-order valence-electron chi connectivity index (χ2n) is 3.01. The molecular weight excluding hydrogens is 217 g/mol. The van der Waals surface area contributed by atoms with E-state index in [0.717, 1.165) is 4.90 Å². The molecule has 82 valence electrons. The number of benzene rings is 1. The predicted octanol–water partition coefficient (Wildman–Crippen LogP) is 1.67. The molecule has 0 bridgehead atoms. The van der Waals surface area contributed by atoms with Crippen LogP contribution in [0.1, 0.15) is 11.5 Å². The van der Waals surface area contributed by atoms with Crippen molar-refractivity contribution in [2.24, 2.45) is 5.73 Å². The number of carbonyl (C=O) groups is 1. The first kappa shape index (κ1) is 12.0. The van der Waals surface area contributed by atoms with Crippen molar-refractivity contribution in [2.45, 2.75) is 10.8 Å². The quantitative estimate of drug-likeness (QED) is 0.771. The van der Waals surface area contributed by atoms with E-state index < -0.39 is 17.7 Å². The molecule has 3 N–H and O–H groups in total. The van der Waals surface area contributed by atoms with Crippen molar-refractivity contribution in [1.82, 2.24) is 0 Å². The van der Waals surface area contributed by atoms with Crippen molar-refractivity contribution in [1.29, 1.82) is 0 Å². The van der Waals surface area contributed by atoms with Gasteiger partial charge in [0.05, 0.1) is 5.92 Å². The molecule has 5 heteroatoms.